The summed E-state index contributed by atoms with van der Waals surface area (Å²) in [6.45, 7) is 3.31. The Hall–Kier alpha value is -2.55. The molecule has 94 valence electrons. The number of benzene rings is 1. The zero-order valence-corrected chi connectivity index (χ0v) is 9.93. The molecule has 0 spiro atoms. The van der Waals surface area contributed by atoms with Gasteiger partial charge >= 0.3 is 5.97 Å². The van der Waals surface area contributed by atoms with Crippen LogP contribution in [0.5, 0.6) is 0 Å². The number of aromatic carboxylic acids is 1. The fourth-order valence-corrected chi connectivity index (χ4v) is 1.30. The average molecular weight is 248 g/mol. The van der Waals surface area contributed by atoms with Crippen molar-refractivity contribution in [2.24, 2.45) is 0 Å². The van der Waals surface area contributed by atoms with Crippen molar-refractivity contribution in [3.8, 4) is 12.3 Å². The number of hydrogen-bond acceptors (Lipinski definition) is 4. The highest BCUT2D eigenvalue weighted by Gasteiger charge is 2.22. The topological polar surface area (TPSA) is 92.5 Å². The van der Waals surface area contributed by atoms with E-state index in [0.29, 0.717) is 0 Å². The number of terminal acetylenes is 1. The van der Waals surface area contributed by atoms with Gasteiger partial charge in [0.2, 0.25) is 0 Å². The summed E-state index contributed by atoms with van der Waals surface area (Å²) in [5, 5.41) is 22.5. The van der Waals surface area contributed by atoms with Crippen molar-refractivity contribution in [3.63, 3.8) is 0 Å². The lowest BCUT2D eigenvalue weighted by Gasteiger charge is -2.21. The summed E-state index contributed by atoms with van der Waals surface area (Å²) < 4.78 is 0. The first kappa shape index (κ1) is 13.5. The molecular formula is C12H12N2O4. The number of rotatable bonds is 4. The number of nitro groups is 1. The van der Waals surface area contributed by atoms with Crippen LogP contribution in [0.4, 0.5) is 11.4 Å². The number of carbonyl (C=O) groups is 1. The second kappa shape index (κ2) is 4.75. The van der Waals surface area contributed by atoms with E-state index in [-0.39, 0.29) is 16.9 Å². The quantitative estimate of drug-likeness (QED) is 0.483. The molecule has 0 bridgehead atoms. The predicted molar refractivity (Wildman–Crippen MR) is 66.6 cm³/mol. The fourth-order valence-electron chi connectivity index (χ4n) is 1.30. The second-order valence-electron chi connectivity index (χ2n) is 4.19. The highest BCUT2D eigenvalue weighted by molar-refractivity contribution is 5.90. The van der Waals surface area contributed by atoms with Crippen LogP contribution in [0.1, 0.15) is 24.2 Å². The van der Waals surface area contributed by atoms with Gasteiger partial charge in [-0.15, -0.1) is 6.42 Å². The van der Waals surface area contributed by atoms with Gasteiger partial charge in [0.15, 0.2) is 0 Å². The monoisotopic (exact) mass is 248 g/mol. The van der Waals surface area contributed by atoms with Crippen molar-refractivity contribution in [3.05, 3.63) is 33.9 Å². The first-order chi connectivity index (χ1) is 8.26. The maximum Gasteiger partial charge on any atom is 0.335 e. The Bertz CT molecular complexity index is 543. The molecule has 0 heterocycles. The molecule has 0 aromatic heterocycles. The van der Waals surface area contributed by atoms with Crippen molar-refractivity contribution in [2.45, 2.75) is 19.4 Å². The van der Waals surface area contributed by atoms with E-state index >= 15 is 0 Å². The van der Waals surface area contributed by atoms with Crippen molar-refractivity contribution < 1.29 is 14.8 Å². The largest absolute Gasteiger partial charge is 0.478 e. The van der Waals surface area contributed by atoms with E-state index < -0.39 is 16.4 Å². The van der Waals surface area contributed by atoms with Crippen molar-refractivity contribution >= 4 is 17.3 Å². The molecule has 18 heavy (non-hydrogen) atoms. The zero-order chi connectivity index (χ0) is 13.9. The van der Waals surface area contributed by atoms with E-state index in [0.717, 1.165) is 6.07 Å². The highest BCUT2D eigenvalue weighted by Crippen LogP contribution is 2.28. The van der Waals surface area contributed by atoms with Crippen LogP contribution in [0, 0.1) is 22.5 Å². The van der Waals surface area contributed by atoms with E-state index in [9.17, 15) is 14.9 Å². The van der Waals surface area contributed by atoms with Crippen molar-refractivity contribution in [2.75, 3.05) is 5.32 Å². The Morgan fingerprint density at radius 1 is 1.56 bits per heavy atom. The first-order valence-electron chi connectivity index (χ1n) is 5.04. The van der Waals surface area contributed by atoms with Crippen LogP contribution in [0.2, 0.25) is 0 Å². The number of anilines is 1. The molecule has 1 aromatic carbocycles. The van der Waals surface area contributed by atoms with E-state index in [1.165, 1.54) is 12.1 Å². The third-order valence-electron chi connectivity index (χ3n) is 2.25. The SMILES string of the molecule is C#CC(C)(C)Nc1cc(C(=O)O)ccc1[N+](=O)[O-]. The van der Waals surface area contributed by atoms with Crippen LogP contribution in [0.15, 0.2) is 18.2 Å². The summed E-state index contributed by atoms with van der Waals surface area (Å²) in [6, 6.07) is 3.51. The third kappa shape index (κ3) is 2.98. The van der Waals surface area contributed by atoms with E-state index in [2.05, 4.69) is 11.2 Å². The van der Waals surface area contributed by atoms with Gasteiger partial charge in [-0.05, 0) is 26.0 Å². The van der Waals surface area contributed by atoms with Crippen LogP contribution in [-0.2, 0) is 0 Å². The van der Waals surface area contributed by atoms with E-state index in [1.54, 1.807) is 13.8 Å². The summed E-state index contributed by atoms with van der Waals surface area (Å²) in [4.78, 5) is 21.1. The number of nitro benzene ring substituents is 1. The lowest BCUT2D eigenvalue weighted by molar-refractivity contribution is -0.384. The van der Waals surface area contributed by atoms with Gasteiger partial charge in [-0.2, -0.15) is 0 Å². The van der Waals surface area contributed by atoms with Crippen LogP contribution in [0.3, 0.4) is 0 Å². The predicted octanol–water partition coefficient (Wildman–Crippen LogP) is 2.12. The summed E-state index contributed by atoms with van der Waals surface area (Å²) in [5.41, 5.74) is -0.996. The Balaban J connectivity index is 3.29. The van der Waals surface area contributed by atoms with Gasteiger partial charge in [-0.1, -0.05) is 5.92 Å². The summed E-state index contributed by atoms with van der Waals surface area (Å²) in [5.74, 6) is 1.26. The second-order valence-corrected chi connectivity index (χ2v) is 4.19. The molecule has 0 aliphatic carbocycles. The molecular weight excluding hydrogens is 236 g/mol. The fraction of sp³-hybridized carbons (Fsp3) is 0.250. The molecule has 1 aromatic rings. The molecule has 2 N–H and O–H groups in total. The van der Waals surface area contributed by atoms with Gasteiger partial charge in [0.25, 0.3) is 5.69 Å². The highest BCUT2D eigenvalue weighted by atomic mass is 16.6. The summed E-state index contributed by atoms with van der Waals surface area (Å²) in [7, 11) is 0. The molecule has 0 saturated carbocycles. The van der Waals surface area contributed by atoms with Crippen LogP contribution in [-0.4, -0.2) is 21.5 Å². The lowest BCUT2D eigenvalue weighted by Crippen LogP contribution is -2.29. The Labute approximate surface area is 104 Å². The Morgan fingerprint density at radius 2 is 2.17 bits per heavy atom. The lowest BCUT2D eigenvalue weighted by atomic mass is 10.1. The van der Waals surface area contributed by atoms with Crippen LogP contribution >= 0.6 is 0 Å². The van der Waals surface area contributed by atoms with Gasteiger partial charge in [0.1, 0.15) is 5.69 Å². The molecule has 0 atom stereocenters. The van der Waals surface area contributed by atoms with Crippen LogP contribution < -0.4 is 5.32 Å². The van der Waals surface area contributed by atoms with E-state index in [4.69, 9.17) is 11.5 Å². The number of nitrogens with one attached hydrogen (secondary N) is 1. The molecule has 0 aliphatic rings. The summed E-state index contributed by atoms with van der Waals surface area (Å²) >= 11 is 0. The molecule has 6 nitrogen and oxygen atoms in total. The number of hydrogen-bond donors (Lipinski definition) is 2. The third-order valence-corrected chi connectivity index (χ3v) is 2.25. The molecule has 0 saturated heterocycles. The van der Waals surface area contributed by atoms with Crippen molar-refractivity contribution in [1.82, 2.24) is 0 Å². The standard InChI is InChI=1S/C12H12N2O4/c1-4-12(2,3)13-9-7-8(11(15)16)5-6-10(9)14(17)18/h1,5-7,13H,2-3H3,(H,15,16). The van der Waals surface area contributed by atoms with Gasteiger partial charge in [0, 0.05) is 6.07 Å². The molecule has 6 heteroatoms. The van der Waals surface area contributed by atoms with Crippen LogP contribution in [0.25, 0.3) is 0 Å². The normalized spacial score (nSPS) is 10.5. The minimum Gasteiger partial charge on any atom is -0.478 e. The van der Waals surface area contributed by atoms with E-state index in [1.807, 2.05) is 0 Å². The molecule has 0 amide bonds. The Kier molecular flexibility index (Phi) is 3.57. The van der Waals surface area contributed by atoms with Gasteiger partial charge in [-0.25, -0.2) is 4.79 Å². The maximum absolute atomic E-state index is 10.8. The Morgan fingerprint density at radius 3 is 2.61 bits per heavy atom. The molecule has 0 unspecified atom stereocenters. The van der Waals surface area contributed by atoms with Crippen molar-refractivity contribution in [1.29, 1.82) is 0 Å². The molecule has 0 fully saturated rings. The zero-order valence-electron chi connectivity index (χ0n) is 9.93. The first-order valence-corrected chi connectivity index (χ1v) is 5.04. The molecule has 1 rings (SSSR count). The molecule has 0 radical (unpaired) electrons. The minimum absolute atomic E-state index is 0.0454. The number of carboxylic acid groups (broad SMARTS) is 1. The smallest absolute Gasteiger partial charge is 0.335 e. The van der Waals surface area contributed by atoms with Gasteiger partial charge in [0.05, 0.1) is 16.0 Å². The van der Waals surface area contributed by atoms with Gasteiger partial charge in [-0.3, -0.25) is 10.1 Å². The average Bonchev–Trinajstić information content (AvgIpc) is 2.28. The number of carboxylic acids is 1. The maximum atomic E-state index is 10.8. The van der Waals surface area contributed by atoms with Gasteiger partial charge < -0.3 is 10.4 Å². The summed E-state index contributed by atoms with van der Waals surface area (Å²) in [6.07, 6.45) is 5.28. The minimum atomic E-state index is -1.16. The molecule has 0 aliphatic heterocycles. The number of nitrogens with zero attached hydrogens (tertiary/aromatic N) is 1.